The van der Waals surface area contributed by atoms with E-state index in [0.717, 1.165) is 26.0 Å². The normalized spacial score (nSPS) is 24.8. The monoisotopic (exact) mass is 370 g/mol. The summed E-state index contributed by atoms with van der Waals surface area (Å²) in [5.41, 5.74) is -0.0997. The molecule has 0 bridgehead atoms. The molecule has 2 aliphatic heterocycles. The van der Waals surface area contributed by atoms with Crippen LogP contribution in [0.25, 0.3) is 0 Å². The van der Waals surface area contributed by atoms with Crippen LogP contribution in [-0.2, 0) is 4.74 Å². The van der Waals surface area contributed by atoms with Crippen LogP contribution >= 0.6 is 23.4 Å². The van der Waals surface area contributed by atoms with Gasteiger partial charge in [-0.15, -0.1) is 0 Å². The fourth-order valence-corrected chi connectivity index (χ4v) is 4.23. The highest BCUT2D eigenvalue weighted by Gasteiger charge is 2.37. The van der Waals surface area contributed by atoms with E-state index in [2.05, 4.69) is 23.7 Å². The molecule has 3 rings (SSSR count). The van der Waals surface area contributed by atoms with E-state index in [-0.39, 0.29) is 16.4 Å². The zero-order chi connectivity index (χ0) is 17.3. The number of nitrogens with zero attached hydrogens (tertiary/aromatic N) is 2. The first-order valence-corrected chi connectivity index (χ1v) is 9.17. The Morgan fingerprint density at radius 1 is 1.54 bits per heavy atom. The van der Waals surface area contributed by atoms with Crippen LogP contribution in [0.3, 0.4) is 0 Å². The maximum atomic E-state index is 13.9. The van der Waals surface area contributed by atoms with E-state index in [4.69, 9.17) is 16.3 Å². The van der Waals surface area contributed by atoms with Crippen molar-refractivity contribution in [1.82, 2.24) is 4.90 Å². The molecule has 0 N–H and O–H groups in total. The zero-order valence-corrected chi connectivity index (χ0v) is 15.3. The smallest absolute Gasteiger partial charge is 0.282 e. The highest BCUT2D eigenvalue weighted by molar-refractivity contribution is 8.15. The van der Waals surface area contributed by atoms with Crippen molar-refractivity contribution in [3.63, 3.8) is 0 Å². The lowest BCUT2D eigenvalue weighted by atomic mass is 10.2. The van der Waals surface area contributed by atoms with E-state index in [0.29, 0.717) is 16.7 Å². The van der Waals surface area contributed by atoms with Gasteiger partial charge in [0.25, 0.3) is 5.91 Å². The van der Waals surface area contributed by atoms with Crippen LogP contribution in [0.5, 0.6) is 0 Å². The average molecular weight is 371 g/mol. The standard InChI is InChI=1S/C17H20ClFN2O2S/c1-17(2)10-21(9-12-4-3-7-23-12)16(24-17)20-15(22)13-8-11(18)5-6-14(13)19/h5-6,8,12H,3-4,7,9-10H2,1-2H3/t12-/m1/s1. The van der Waals surface area contributed by atoms with Crippen molar-refractivity contribution in [1.29, 1.82) is 0 Å². The third-order valence-corrected chi connectivity index (χ3v) is 5.46. The van der Waals surface area contributed by atoms with E-state index in [9.17, 15) is 9.18 Å². The molecule has 24 heavy (non-hydrogen) atoms. The third-order valence-electron chi connectivity index (χ3n) is 4.01. The van der Waals surface area contributed by atoms with Crippen molar-refractivity contribution in [2.45, 2.75) is 37.5 Å². The van der Waals surface area contributed by atoms with Crippen molar-refractivity contribution >= 4 is 34.4 Å². The SMILES string of the molecule is CC1(C)CN(C[C@H]2CCCO2)C(=NC(=O)c2cc(Cl)ccc2F)S1. The molecule has 0 unspecified atom stereocenters. The summed E-state index contributed by atoms with van der Waals surface area (Å²) < 4.78 is 19.5. The maximum absolute atomic E-state index is 13.9. The Labute approximate surface area is 150 Å². The van der Waals surface area contributed by atoms with Gasteiger partial charge in [0.1, 0.15) is 5.82 Å². The average Bonchev–Trinajstić information content (AvgIpc) is 3.10. The van der Waals surface area contributed by atoms with E-state index in [1.54, 1.807) is 0 Å². The number of hydrogen-bond acceptors (Lipinski definition) is 3. The van der Waals surface area contributed by atoms with Gasteiger partial charge in [-0.3, -0.25) is 4.79 Å². The molecule has 0 aromatic heterocycles. The lowest BCUT2D eigenvalue weighted by molar-refractivity contribution is 0.0908. The van der Waals surface area contributed by atoms with Gasteiger partial charge in [0.2, 0.25) is 0 Å². The quantitative estimate of drug-likeness (QED) is 0.807. The molecule has 1 aromatic rings. The van der Waals surface area contributed by atoms with Gasteiger partial charge in [-0.1, -0.05) is 23.4 Å². The van der Waals surface area contributed by atoms with Crippen molar-refractivity contribution in [3.05, 3.63) is 34.6 Å². The summed E-state index contributed by atoms with van der Waals surface area (Å²) in [5, 5.41) is 0.940. The van der Waals surface area contributed by atoms with Gasteiger partial charge in [0, 0.05) is 29.5 Å². The number of aliphatic imine (C=N–C) groups is 1. The Morgan fingerprint density at radius 2 is 2.33 bits per heavy atom. The number of carbonyl (C=O) groups is 1. The molecule has 0 saturated carbocycles. The van der Waals surface area contributed by atoms with Gasteiger partial charge < -0.3 is 9.64 Å². The molecular formula is C17H20ClFN2O2S. The first-order chi connectivity index (χ1) is 11.3. The van der Waals surface area contributed by atoms with Crippen LogP contribution in [0.4, 0.5) is 4.39 Å². The van der Waals surface area contributed by atoms with E-state index < -0.39 is 11.7 Å². The predicted octanol–water partition coefficient (Wildman–Crippen LogP) is 3.98. The molecule has 2 saturated heterocycles. The molecule has 2 aliphatic rings. The summed E-state index contributed by atoms with van der Waals surface area (Å²) in [4.78, 5) is 18.7. The van der Waals surface area contributed by atoms with Crippen LogP contribution in [0.15, 0.2) is 23.2 Å². The first-order valence-electron chi connectivity index (χ1n) is 7.98. The molecular weight excluding hydrogens is 351 g/mol. The van der Waals surface area contributed by atoms with E-state index >= 15 is 0 Å². The number of ether oxygens (including phenoxy) is 1. The van der Waals surface area contributed by atoms with Gasteiger partial charge in [-0.25, -0.2) is 4.39 Å². The summed E-state index contributed by atoms with van der Waals surface area (Å²) >= 11 is 7.40. The van der Waals surface area contributed by atoms with Gasteiger partial charge >= 0.3 is 0 Å². The molecule has 0 radical (unpaired) electrons. The number of amidine groups is 1. The highest BCUT2D eigenvalue weighted by atomic mass is 35.5. The summed E-state index contributed by atoms with van der Waals surface area (Å²) in [7, 11) is 0. The van der Waals surface area contributed by atoms with Crippen LogP contribution in [-0.4, -0.2) is 46.5 Å². The summed E-state index contributed by atoms with van der Waals surface area (Å²) in [6, 6.07) is 3.92. The number of hydrogen-bond donors (Lipinski definition) is 0. The number of rotatable bonds is 3. The molecule has 7 heteroatoms. The molecule has 130 valence electrons. The Hall–Kier alpha value is -1.11. The van der Waals surface area contributed by atoms with Gasteiger partial charge in [0.05, 0.1) is 11.7 Å². The molecule has 1 aromatic carbocycles. The molecule has 2 heterocycles. The number of benzene rings is 1. The first kappa shape index (κ1) is 17.7. The number of thioether (sulfide) groups is 1. The minimum absolute atomic E-state index is 0.0510. The van der Waals surface area contributed by atoms with Crippen molar-refractivity contribution in [2.24, 2.45) is 4.99 Å². The second kappa shape index (κ2) is 7.02. The molecule has 1 atom stereocenters. The zero-order valence-electron chi connectivity index (χ0n) is 13.7. The summed E-state index contributed by atoms with van der Waals surface area (Å²) in [6.07, 6.45) is 2.25. The molecule has 4 nitrogen and oxygen atoms in total. The topological polar surface area (TPSA) is 41.9 Å². The van der Waals surface area contributed by atoms with Crippen LogP contribution in [0.2, 0.25) is 5.02 Å². The molecule has 0 spiro atoms. The number of amides is 1. The van der Waals surface area contributed by atoms with Crippen LogP contribution < -0.4 is 0 Å². The number of carbonyl (C=O) groups excluding carboxylic acids is 1. The van der Waals surface area contributed by atoms with Crippen molar-refractivity contribution < 1.29 is 13.9 Å². The Bertz CT molecular complexity index is 675. The fraction of sp³-hybridized carbons (Fsp3) is 0.529. The van der Waals surface area contributed by atoms with Gasteiger partial charge in [-0.05, 0) is 44.9 Å². The Kier molecular flexibility index (Phi) is 5.18. The number of halogens is 2. The van der Waals surface area contributed by atoms with Crippen LogP contribution in [0, 0.1) is 5.82 Å². The second-order valence-corrected chi connectivity index (χ2v) is 8.81. The highest BCUT2D eigenvalue weighted by Crippen LogP contribution is 2.36. The Morgan fingerprint density at radius 3 is 3.04 bits per heavy atom. The molecule has 0 aliphatic carbocycles. The third kappa shape index (κ3) is 4.10. The fourth-order valence-electron chi connectivity index (χ4n) is 2.95. The molecule has 2 fully saturated rings. The predicted molar refractivity (Wildman–Crippen MR) is 95.4 cm³/mol. The second-order valence-electron chi connectivity index (χ2n) is 6.70. The van der Waals surface area contributed by atoms with Crippen molar-refractivity contribution in [2.75, 3.05) is 19.7 Å². The lowest BCUT2D eigenvalue weighted by Gasteiger charge is -2.22. The van der Waals surface area contributed by atoms with E-state index in [1.807, 2.05) is 0 Å². The van der Waals surface area contributed by atoms with Gasteiger partial charge in [0.15, 0.2) is 5.17 Å². The van der Waals surface area contributed by atoms with Gasteiger partial charge in [-0.2, -0.15) is 4.99 Å². The lowest BCUT2D eigenvalue weighted by Crippen LogP contribution is -2.35. The minimum atomic E-state index is -0.610. The Balaban J connectivity index is 1.82. The summed E-state index contributed by atoms with van der Waals surface area (Å²) in [5.74, 6) is -1.21. The minimum Gasteiger partial charge on any atom is -0.376 e. The summed E-state index contributed by atoms with van der Waals surface area (Å²) in [6.45, 7) is 6.48. The molecule has 1 amide bonds. The van der Waals surface area contributed by atoms with Crippen molar-refractivity contribution in [3.8, 4) is 0 Å². The van der Waals surface area contributed by atoms with Crippen LogP contribution in [0.1, 0.15) is 37.0 Å². The largest absolute Gasteiger partial charge is 0.376 e. The maximum Gasteiger partial charge on any atom is 0.282 e. The van der Waals surface area contributed by atoms with E-state index in [1.165, 1.54) is 30.0 Å².